The highest BCUT2D eigenvalue weighted by Crippen LogP contribution is 2.03. The highest BCUT2D eigenvalue weighted by molar-refractivity contribution is 7.89. The van der Waals surface area contributed by atoms with E-state index in [-0.39, 0.29) is 12.2 Å². The summed E-state index contributed by atoms with van der Waals surface area (Å²) in [5.41, 5.74) is 3.39. The fourth-order valence-electron chi connectivity index (χ4n) is 1.57. The molecule has 0 bridgehead atoms. The standard InChI is InChI=1S/C8H9NO3S.C8H10/c10-7-9-13(11,12)6-8-4-2-1-3-5-8;1-7-5-3-4-6-8(7)2/h1-5,7H,6H2,(H,9,10);3-6H,1-2H3. The predicted octanol–water partition coefficient (Wildman–Crippen LogP) is 2.57. The third-order valence-electron chi connectivity index (χ3n) is 2.85. The number of hydrogen-bond donors (Lipinski definition) is 1. The lowest BCUT2D eigenvalue weighted by Gasteiger charge is -2.01. The summed E-state index contributed by atoms with van der Waals surface area (Å²) >= 11 is 0. The van der Waals surface area contributed by atoms with E-state index in [4.69, 9.17) is 0 Å². The van der Waals surface area contributed by atoms with Crippen LogP contribution in [0, 0.1) is 13.8 Å². The lowest BCUT2D eigenvalue weighted by Crippen LogP contribution is -2.23. The van der Waals surface area contributed by atoms with Crippen LogP contribution >= 0.6 is 0 Å². The van der Waals surface area contributed by atoms with E-state index in [0.717, 1.165) is 0 Å². The van der Waals surface area contributed by atoms with Crippen LogP contribution in [0.4, 0.5) is 0 Å². The van der Waals surface area contributed by atoms with E-state index in [1.165, 1.54) is 11.1 Å². The van der Waals surface area contributed by atoms with Gasteiger partial charge in [0.15, 0.2) is 0 Å². The maximum absolute atomic E-state index is 11.1. The van der Waals surface area contributed by atoms with Gasteiger partial charge in [-0.2, -0.15) is 0 Å². The van der Waals surface area contributed by atoms with Gasteiger partial charge in [-0.05, 0) is 30.5 Å². The first-order valence-electron chi connectivity index (χ1n) is 6.44. The van der Waals surface area contributed by atoms with E-state index < -0.39 is 10.0 Å². The molecular weight excluding hydrogens is 286 g/mol. The van der Waals surface area contributed by atoms with Crippen LogP contribution in [-0.4, -0.2) is 14.8 Å². The summed E-state index contributed by atoms with van der Waals surface area (Å²) in [4.78, 5) is 9.92. The summed E-state index contributed by atoms with van der Waals surface area (Å²) in [5, 5.41) is 0. The second kappa shape index (κ2) is 8.21. The van der Waals surface area contributed by atoms with Crippen LogP contribution in [0.3, 0.4) is 0 Å². The van der Waals surface area contributed by atoms with Gasteiger partial charge < -0.3 is 0 Å². The molecule has 0 atom stereocenters. The predicted molar refractivity (Wildman–Crippen MR) is 84.2 cm³/mol. The van der Waals surface area contributed by atoms with Gasteiger partial charge in [-0.3, -0.25) is 9.52 Å². The van der Waals surface area contributed by atoms with Gasteiger partial charge in [0.2, 0.25) is 16.4 Å². The molecule has 5 heteroatoms. The Kier molecular flexibility index (Phi) is 6.62. The molecule has 0 spiro atoms. The quantitative estimate of drug-likeness (QED) is 0.883. The van der Waals surface area contributed by atoms with Crippen LogP contribution in [-0.2, 0) is 20.6 Å². The molecule has 0 aliphatic carbocycles. The smallest absolute Gasteiger partial charge is 0.238 e. The molecule has 0 saturated carbocycles. The number of amides is 1. The zero-order chi connectivity index (χ0) is 15.7. The summed E-state index contributed by atoms with van der Waals surface area (Å²) in [6, 6.07) is 17.0. The zero-order valence-corrected chi connectivity index (χ0v) is 12.9. The summed E-state index contributed by atoms with van der Waals surface area (Å²) in [5.74, 6) is -0.174. The number of rotatable bonds is 4. The Hall–Kier alpha value is -2.14. The lowest BCUT2D eigenvalue weighted by molar-refractivity contribution is -0.108. The van der Waals surface area contributed by atoms with Gasteiger partial charge in [0.1, 0.15) is 0 Å². The molecule has 21 heavy (non-hydrogen) atoms. The third kappa shape index (κ3) is 6.72. The van der Waals surface area contributed by atoms with Crippen LogP contribution in [0.15, 0.2) is 54.6 Å². The molecule has 1 amide bonds. The largest absolute Gasteiger partial charge is 0.278 e. The molecule has 0 fully saturated rings. The average Bonchev–Trinajstić information content (AvgIpc) is 2.43. The fourth-order valence-corrected chi connectivity index (χ4v) is 2.43. The molecule has 2 aromatic rings. The molecule has 0 aliphatic rings. The van der Waals surface area contributed by atoms with Crippen molar-refractivity contribution in [1.29, 1.82) is 0 Å². The molecular formula is C16H19NO3S. The monoisotopic (exact) mass is 305 g/mol. The van der Waals surface area contributed by atoms with Crippen molar-refractivity contribution in [1.82, 2.24) is 4.72 Å². The number of carbonyl (C=O) groups excluding carboxylic acids is 1. The van der Waals surface area contributed by atoms with Gasteiger partial charge in [-0.25, -0.2) is 8.42 Å². The molecule has 2 aromatic carbocycles. The number of aryl methyl sites for hydroxylation is 2. The molecule has 0 aromatic heterocycles. The molecule has 0 saturated heterocycles. The van der Waals surface area contributed by atoms with Crippen molar-refractivity contribution in [3.8, 4) is 0 Å². The highest BCUT2D eigenvalue weighted by atomic mass is 32.2. The number of sulfonamides is 1. The third-order valence-corrected chi connectivity index (χ3v) is 4.02. The van der Waals surface area contributed by atoms with Gasteiger partial charge in [0, 0.05) is 0 Å². The van der Waals surface area contributed by atoms with Gasteiger partial charge in [-0.15, -0.1) is 0 Å². The number of hydrogen-bond acceptors (Lipinski definition) is 3. The second-order valence-corrected chi connectivity index (χ2v) is 6.32. The lowest BCUT2D eigenvalue weighted by atomic mass is 10.1. The minimum Gasteiger partial charge on any atom is -0.278 e. The summed E-state index contributed by atoms with van der Waals surface area (Å²) < 4.78 is 23.9. The minimum atomic E-state index is -3.50. The van der Waals surface area contributed by atoms with Crippen molar-refractivity contribution in [2.75, 3.05) is 0 Å². The van der Waals surface area contributed by atoms with E-state index in [2.05, 4.69) is 38.1 Å². The molecule has 4 nitrogen and oxygen atoms in total. The number of carbonyl (C=O) groups is 1. The summed E-state index contributed by atoms with van der Waals surface area (Å²) in [7, 11) is -3.50. The van der Waals surface area contributed by atoms with Gasteiger partial charge in [0.05, 0.1) is 5.75 Å². The normalized spacial score (nSPS) is 10.2. The average molecular weight is 305 g/mol. The van der Waals surface area contributed by atoms with Gasteiger partial charge in [-0.1, -0.05) is 54.6 Å². The molecule has 2 rings (SSSR count). The summed E-state index contributed by atoms with van der Waals surface area (Å²) in [6.45, 7) is 4.24. The Balaban J connectivity index is 0.000000235. The van der Waals surface area contributed by atoms with Crippen molar-refractivity contribution >= 4 is 16.4 Å². The first kappa shape index (κ1) is 16.9. The SMILES string of the molecule is Cc1ccccc1C.O=CNS(=O)(=O)Cc1ccccc1. The van der Waals surface area contributed by atoms with E-state index in [9.17, 15) is 13.2 Å². The molecule has 112 valence electrons. The minimum absolute atomic E-state index is 0.165. The van der Waals surface area contributed by atoms with Crippen molar-refractivity contribution in [2.24, 2.45) is 0 Å². The molecule has 1 N–H and O–H groups in total. The van der Waals surface area contributed by atoms with Crippen LogP contribution in [0.25, 0.3) is 0 Å². The first-order valence-corrected chi connectivity index (χ1v) is 8.09. The zero-order valence-electron chi connectivity index (χ0n) is 12.1. The molecule has 0 radical (unpaired) electrons. The first-order chi connectivity index (χ1) is 9.94. The van der Waals surface area contributed by atoms with E-state index in [0.29, 0.717) is 5.56 Å². The van der Waals surface area contributed by atoms with E-state index in [1.807, 2.05) is 0 Å². The Bertz CT molecular complexity index is 646. The highest BCUT2D eigenvalue weighted by Gasteiger charge is 2.08. The molecule has 0 aliphatic heterocycles. The maximum Gasteiger partial charge on any atom is 0.238 e. The molecule has 0 unspecified atom stereocenters. The Labute approximate surface area is 125 Å². The van der Waals surface area contributed by atoms with E-state index in [1.54, 1.807) is 35.1 Å². The Morgan fingerprint density at radius 2 is 1.38 bits per heavy atom. The number of nitrogens with one attached hydrogen (secondary N) is 1. The van der Waals surface area contributed by atoms with Crippen LogP contribution in [0.5, 0.6) is 0 Å². The Morgan fingerprint density at radius 3 is 1.81 bits per heavy atom. The number of benzene rings is 2. The molecule has 0 heterocycles. The van der Waals surface area contributed by atoms with Crippen LogP contribution < -0.4 is 4.72 Å². The van der Waals surface area contributed by atoms with Crippen LogP contribution in [0.1, 0.15) is 16.7 Å². The van der Waals surface area contributed by atoms with Gasteiger partial charge >= 0.3 is 0 Å². The second-order valence-electron chi connectivity index (χ2n) is 4.56. The fraction of sp³-hybridized carbons (Fsp3) is 0.188. The van der Waals surface area contributed by atoms with Crippen molar-refractivity contribution in [3.63, 3.8) is 0 Å². The van der Waals surface area contributed by atoms with Crippen molar-refractivity contribution < 1.29 is 13.2 Å². The van der Waals surface area contributed by atoms with E-state index >= 15 is 0 Å². The van der Waals surface area contributed by atoms with Crippen molar-refractivity contribution in [3.05, 3.63) is 71.3 Å². The summed E-state index contributed by atoms with van der Waals surface area (Å²) in [6.07, 6.45) is 0.165. The topological polar surface area (TPSA) is 63.2 Å². The van der Waals surface area contributed by atoms with Crippen LogP contribution in [0.2, 0.25) is 0 Å². The van der Waals surface area contributed by atoms with Crippen molar-refractivity contribution in [2.45, 2.75) is 19.6 Å². The Morgan fingerprint density at radius 1 is 0.905 bits per heavy atom. The van der Waals surface area contributed by atoms with Gasteiger partial charge in [0.25, 0.3) is 0 Å². The maximum atomic E-state index is 11.1.